The minimum Gasteiger partial charge on any atom is -0.475 e. The van der Waals surface area contributed by atoms with Crippen LogP contribution in [0.15, 0.2) is 36.7 Å². The molecule has 1 saturated heterocycles. The van der Waals surface area contributed by atoms with Crippen LogP contribution >= 0.6 is 11.8 Å². The second-order valence-electron chi connectivity index (χ2n) is 5.76. The number of hydrogen-bond donors (Lipinski definition) is 3. The fourth-order valence-electron chi connectivity index (χ4n) is 2.57. The first-order valence-corrected chi connectivity index (χ1v) is 8.80. The van der Waals surface area contributed by atoms with Crippen LogP contribution in [-0.4, -0.2) is 49.8 Å². The third-order valence-corrected chi connectivity index (χ3v) is 5.25. The van der Waals surface area contributed by atoms with Crippen LogP contribution in [0.25, 0.3) is 11.1 Å². The summed E-state index contributed by atoms with van der Waals surface area (Å²) in [6.45, 7) is 0. The number of nitrogens with zero attached hydrogens (tertiary/aromatic N) is 3. The van der Waals surface area contributed by atoms with E-state index in [0.717, 1.165) is 0 Å². The maximum absolute atomic E-state index is 10.0. The van der Waals surface area contributed by atoms with E-state index >= 15 is 0 Å². The highest BCUT2D eigenvalue weighted by atomic mass is 32.2. The third kappa shape index (κ3) is 3.64. The highest BCUT2D eigenvalue weighted by Crippen LogP contribution is 2.31. The lowest BCUT2D eigenvalue weighted by Gasteiger charge is -2.34. The molecule has 0 saturated carbocycles. The quantitative estimate of drug-likeness (QED) is 0.731. The Morgan fingerprint density at radius 2 is 1.77 bits per heavy atom. The van der Waals surface area contributed by atoms with Gasteiger partial charge in [-0.15, -0.1) is 11.8 Å². The smallest absolute Gasteiger partial charge is 0.173 e. The molecule has 1 aliphatic rings. The molecule has 1 aromatic carbocycles. The second-order valence-corrected chi connectivity index (χ2v) is 6.89. The average Bonchev–Trinajstić information content (AvgIpc) is 2.68. The zero-order valence-corrected chi connectivity index (χ0v) is 14.3. The lowest BCUT2D eigenvalue weighted by atomic mass is 10.0. The number of aliphatic hydroxyl groups excluding tert-OH is 3. The van der Waals surface area contributed by atoms with Crippen molar-refractivity contribution in [3.8, 4) is 29.0 Å². The Balaban J connectivity index is 1.83. The van der Waals surface area contributed by atoms with Gasteiger partial charge in [-0.1, -0.05) is 6.07 Å². The average molecular weight is 369 g/mol. The van der Waals surface area contributed by atoms with Crippen LogP contribution in [0.4, 0.5) is 0 Å². The highest BCUT2D eigenvalue weighted by Gasteiger charge is 2.38. The minimum atomic E-state index is -1.27. The van der Waals surface area contributed by atoms with Gasteiger partial charge in [-0.05, 0) is 23.8 Å². The molecule has 2 heterocycles. The van der Waals surface area contributed by atoms with Crippen LogP contribution in [0.1, 0.15) is 11.1 Å². The molecule has 0 spiro atoms. The maximum Gasteiger partial charge on any atom is 0.173 e. The van der Waals surface area contributed by atoms with Gasteiger partial charge in [-0.2, -0.15) is 10.5 Å². The zero-order chi connectivity index (χ0) is 18.7. The molecule has 3 rings (SSSR count). The topological polar surface area (TPSA) is 130 Å². The fourth-order valence-corrected chi connectivity index (χ4v) is 3.69. The summed E-state index contributed by atoms with van der Waals surface area (Å²) < 4.78 is 5.71. The molecule has 132 valence electrons. The van der Waals surface area contributed by atoms with Crippen molar-refractivity contribution in [3.05, 3.63) is 47.8 Å². The van der Waals surface area contributed by atoms with Crippen molar-refractivity contribution >= 4 is 11.8 Å². The van der Waals surface area contributed by atoms with Crippen LogP contribution in [0.5, 0.6) is 5.75 Å². The predicted octanol–water partition coefficient (Wildman–Crippen LogP) is 1.03. The van der Waals surface area contributed by atoms with Crippen molar-refractivity contribution < 1.29 is 20.1 Å². The molecule has 7 nitrogen and oxygen atoms in total. The van der Waals surface area contributed by atoms with Gasteiger partial charge in [0.2, 0.25) is 0 Å². The normalized spacial score (nSPS) is 25.1. The van der Waals surface area contributed by atoms with Gasteiger partial charge in [0.25, 0.3) is 0 Å². The van der Waals surface area contributed by atoms with Crippen molar-refractivity contribution in [2.24, 2.45) is 0 Å². The Bertz CT molecular complexity index is 893. The Kier molecular flexibility index (Phi) is 5.40. The first kappa shape index (κ1) is 18.2. The Labute approximate surface area is 154 Å². The molecular weight excluding hydrogens is 354 g/mol. The molecule has 2 aromatic rings. The van der Waals surface area contributed by atoms with Crippen LogP contribution in [0.3, 0.4) is 0 Å². The Morgan fingerprint density at radius 3 is 2.50 bits per heavy atom. The molecule has 0 radical (unpaired) electrons. The fraction of sp³-hybridized carbons (Fsp3) is 0.278. The number of rotatable bonds is 3. The first-order valence-electron chi connectivity index (χ1n) is 7.75. The Morgan fingerprint density at radius 1 is 1.00 bits per heavy atom. The maximum atomic E-state index is 10.0. The van der Waals surface area contributed by atoms with E-state index in [9.17, 15) is 15.3 Å². The summed E-state index contributed by atoms with van der Waals surface area (Å²) in [4.78, 5) is 4.11. The number of benzene rings is 1. The van der Waals surface area contributed by atoms with Crippen LogP contribution in [0.2, 0.25) is 0 Å². The molecular formula is C18H15N3O4S. The molecule has 0 unspecified atom stereocenters. The molecule has 1 aliphatic heterocycles. The Hall–Kier alpha value is -2.62. The standard InChI is InChI=1S/C18H15N3O4S/c19-5-11-2-1-10(3-12(11)6-20)13-4-14(8-21-7-13)25-18-17(24)16(23)15(22)9-26-18/h1-4,7-8,15-18,22-24H,9H2/t15-,16+,17-,18+/m1/s1. The van der Waals surface area contributed by atoms with Crippen molar-refractivity contribution in [1.82, 2.24) is 4.98 Å². The van der Waals surface area contributed by atoms with Crippen molar-refractivity contribution in [1.29, 1.82) is 10.5 Å². The lowest BCUT2D eigenvalue weighted by molar-refractivity contribution is -0.0786. The molecule has 0 amide bonds. The molecule has 26 heavy (non-hydrogen) atoms. The largest absolute Gasteiger partial charge is 0.475 e. The van der Waals surface area contributed by atoms with Gasteiger partial charge in [-0.3, -0.25) is 4.98 Å². The predicted molar refractivity (Wildman–Crippen MR) is 94.0 cm³/mol. The number of hydrogen-bond acceptors (Lipinski definition) is 8. The monoisotopic (exact) mass is 369 g/mol. The minimum absolute atomic E-state index is 0.247. The number of thioether (sulfide) groups is 1. The molecule has 4 atom stereocenters. The van der Waals surface area contributed by atoms with E-state index < -0.39 is 23.7 Å². The SMILES string of the molecule is N#Cc1ccc(-c2cncc(O[C@H]3SC[C@@H](O)[C@H](O)[C@H]3O)c2)cc1C#N. The zero-order valence-electron chi connectivity index (χ0n) is 13.5. The molecule has 0 aliphatic carbocycles. The number of ether oxygens (including phenoxy) is 1. The van der Waals surface area contributed by atoms with Gasteiger partial charge in [0.05, 0.1) is 23.4 Å². The van der Waals surface area contributed by atoms with Gasteiger partial charge in [0.15, 0.2) is 5.44 Å². The molecule has 8 heteroatoms. The van der Waals surface area contributed by atoms with Crippen molar-refractivity contribution in [3.63, 3.8) is 0 Å². The summed E-state index contributed by atoms with van der Waals surface area (Å²) in [6.07, 6.45) is -0.425. The summed E-state index contributed by atoms with van der Waals surface area (Å²) in [5.74, 6) is 0.627. The number of nitriles is 2. The van der Waals surface area contributed by atoms with Crippen LogP contribution < -0.4 is 4.74 Å². The van der Waals surface area contributed by atoms with Gasteiger partial charge in [-0.25, -0.2) is 0 Å². The van der Waals surface area contributed by atoms with Gasteiger partial charge in [0, 0.05) is 17.5 Å². The third-order valence-electron chi connectivity index (χ3n) is 4.01. The summed E-state index contributed by atoms with van der Waals surface area (Å²) >= 11 is 1.20. The van der Waals surface area contributed by atoms with Gasteiger partial charge in [0.1, 0.15) is 30.1 Å². The summed E-state index contributed by atoms with van der Waals surface area (Å²) in [7, 11) is 0. The number of aromatic nitrogens is 1. The second kappa shape index (κ2) is 7.73. The summed E-state index contributed by atoms with van der Waals surface area (Å²) in [6, 6.07) is 10.5. The summed E-state index contributed by atoms with van der Waals surface area (Å²) in [5.41, 5.74) is 1.21. The number of aliphatic hydroxyl groups is 3. The van der Waals surface area contributed by atoms with Gasteiger partial charge >= 0.3 is 0 Å². The van der Waals surface area contributed by atoms with E-state index in [1.807, 2.05) is 12.1 Å². The molecule has 0 bridgehead atoms. The molecule has 3 N–H and O–H groups in total. The molecule has 1 aromatic heterocycles. The van der Waals surface area contributed by atoms with Crippen LogP contribution in [-0.2, 0) is 0 Å². The van der Waals surface area contributed by atoms with Crippen LogP contribution in [0, 0.1) is 22.7 Å². The van der Waals surface area contributed by atoms with Gasteiger partial charge < -0.3 is 20.1 Å². The molecule has 1 fully saturated rings. The van der Waals surface area contributed by atoms with E-state index in [2.05, 4.69) is 4.98 Å². The highest BCUT2D eigenvalue weighted by molar-refractivity contribution is 7.99. The first-order chi connectivity index (χ1) is 12.5. The van der Waals surface area contributed by atoms with E-state index in [-0.39, 0.29) is 11.3 Å². The summed E-state index contributed by atoms with van der Waals surface area (Å²) in [5, 5.41) is 47.5. The van der Waals surface area contributed by atoms with Crippen molar-refractivity contribution in [2.45, 2.75) is 23.7 Å². The van der Waals surface area contributed by atoms with E-state index in [4.69, 9.17) is 15.3 Å². The van der Waals surface area contributed by atoms with E-state index in [1.54, 1.807) is 30.5 Å². The lowest BCUT2D eigenvalue weighted by Crippen LogP contribution is -2.50. The van der Waals surface area contributed by atoms with Crippen molar-refractivity contribution in [2.75, 3.05) is 5.75 Å². The van der Waals surface area contributed by atoms with E-state index in [1.165, 1.54) is 18.0 Å². The number of pyridine rings is 1. The van der Waals surface area contributed by atoms with E-state index in [0.29, 0.717) is 22.4 Å².